The van der Waals surface area contributed by atoms with Crippen molar-refractivity contribution in [3.05, 3.63) is 59.1 Å². The first-order valence-electron chi connectivity index (χ1n) is 7.29. The highest BCUT2D eigenvalue weighted by molar-refractivity contribution is 7.80. The SMILES string of the molecule is COc1ccc(/C=C/C(=O)NC(=S)Nc2ccc(OC)c(Cl)c2)cc1. The van der Waals surface area contributed by atoms with Gasteiger partial charge in [-0.05, 0) is 54.2 Å². The lowest BCUT2D eigenvalue weighted by molar-refractivity contribution is -0.115. The van der Waals surface area contributed by atoms with Crippen LogP contribution in [0.3, 0.4) is 0 Å². The smallest absolute Gasteiger partial charge is 0.250 e. The van der Waals surface area contributed by atoms with Gasteiger partial charge in [0.15, 0.2) is 5.11 Å². The first-order chi connectivity index (χ1) is 12.0. The minimum absolute atomic E-state index is 0.172. The number of rotatable bonds is 5. The molecule has 0 heterocycles. The average molecular weight is 377 g/mol. The van der Waals surface area contributed by atoms with E-state index in [4.69, 9.17) is 33.3 Å². The zero-order chi connectivity index (χ0) is 18.2. The van der Waals surface area contributed by atoms with E-state index < -0.39 is 0 Å². The lowest BCUT2D eigenvalue weighted by Crippen LogP contribution is -2.32. The molecule has 5 nitrogen and oxygen atoms in total. The molecule has 0 spiro atoms. The van der Waals surface area contributed by atoms with E-state index in [-0.39, 0.29) is 11.0 Å². The van der Waals surface area contributed by atoms with Gasteiger partial charge in [0.2, 0.25) is 5.91 Å². The quantitative estimate of drug-likeness (QED) is 0.612. The monoisotopic (exact) mass is 376 g/mol. The number of anilines is 1. The summed E-state index contributed by atoms with van der Waals surface area (Å²) in [5.74, 6) is 0.975. The summed E-state index contributed by atoms with van der Waals surface area (Å²) in [6.45, 7) is 0. The maximum atomic E-state index is 11.9. The number of ether oxygens (including phenoxy) is 2. The van der Waals surface area contributed by atoms with Crippen LogP contribution in [0.1, 0.15) is 5.56 Å². The van der Waals surface area contributed by atoms with Gasteiger partial charge in [0.25, 0.3) is 0 Å². The van der Waals surface area contributed by atoms with Gasteiger partial charge in [0.05, 0.1) is 19.2 Å². The minimum atomic E-state index is -0.340. The van der Waals surface area contributed by atoms with Crippen LogP contribution in [-0.2, 0) is 4.79 Å². The van der Waals surface area contributed by atoms with Gasteiger partial charge in [-0.15, -0.1) is 0 Å². The van der Waals surface area contributed by atoms with E-state index in [0.29, 0.717) is 16.5 Å². The number of hydrogen-bond donors (Lipinski definition) is 2. The second-order valence-corrected chi connectivity index (χ2v) is 5.71. The molecule has 0 radical (unpaired) electrons. The van der Waals surface area contributed by atoms with Crippen LogP contribution in [0.2, 0.25) is 5.02 Å². The molecule has 0 bridgehead atoms. The van der Waals surface area contributed by atoms with Crippen molar-refractivity contribution < 1.29 is 14.3 Å². The lowest BCUT2D eigenvalue weighted by atomic mass is 10.2. The average Bonchev–Trinajstić information content (AvgIpc) is 2.60. The molecule has 0 saturated carbocycles. The summed E-state index contributed by atoms with van der Waals surface area (Å²) < 4.78 is 10.2. The van der Waals surface area contributed by atoms with E-state index in [9.17, 15) is 4.79 Å². The molecule has 0 unspecified atom stereocenters. The van der Waals surface area contributed by atoms with Crippen molar-refractivity contribution in [2.75, 3.05) is 19.5 Å². The second kappa shape index (κ2) is 9.05. The number of methoxy groups -OCH3 is 2. The van der Waals surface area contributed by atoms with Crippen LogP contribution in [0.15, 0.2) is 48.5 Å². The number of carbonyl (C=O) groups is 1. The van der Waals surface area contributed by atoms with Crippen molar-refractivity contribution in [2.45, 2.75) is 0 Å². The Morgan fingerprint density at radius 3 is 2.44 bits per heavy atom. The molecule has 25 heavy (non-hydrogen) atoms. The zero-order valence-electron chi connectivity index (χ0n) is 13.7. The maximum Gasteiger partial charge on any atom is 0.250 e. The molecule has 0 aliphatic carbocycles. The van der Waals surface area contributed by atoms with E-state index >= 15 is 0 Å². The van der Waals surface area contributed by atoms with E-state index in [1.165, 1.54) is 13.2 Å². The molecule has 0 atom stereocenters. The highest BCUT2D eigenvalue weighted by Crippen LogP contribution is 2.27. The van der Waals surface area contributed by atoms with Gasteiger partial charge in [-0.2, -0.15) is 0 Å². The van der Waals surface area contributed by atoms with Crippen molar-refractivity contribution in [2.24, 2.45) is 0 Å². The highest BCUT2D eigenvalue weighted by atomic mass is 35.5. The molecule has 2 N–H and O–H groups in total. The largest absolute Gasteiger partial charge is 0.497 e. The first kappa shape index (κ1) is 18.8. The predicted molar refractivity (Wildman–Crippen MR) is 104 cm³/mol. The van der Waals surface area contributed by atoms with Crippen molar-refractivity contribution in [1.29, 1.82) is 0 Å². The molecule has 2 rings (SSSR count). The van der Waals surface area contributed by atoms with Crippen molar-refractivity contribution >= 4 is 46.6 Å². The Kier molecular flexibility index (Phi) is 6.80. The van der Waals surface area contributed by atoms with Crippen LogP contribution in [0.4, 0.5) is 5.69 Å². The van der Waals surface area contributed by atoms with Crippen molar-refractivity contribution in [3.8, 4) is 11.5 Å². The summed E-state index contributed by atoms with van der Waals surface area (Å²) >= 11 is 11.2. The molecule has 0 fully saturated rings. The highest BCUT2D eigenvalue weighted by Gasteiger charge is 2.05. The molecule has 2 aromatic carbocycles. The van der Waals surface area contributed by atoms with Crippen LogP contribution in [0.25, 0.3) is 6.08 Å². The van der Waals surface area contributed by atoms with E-state index in [1.54, 1.807) is 31.4 Å². The Morgan fingerprint density at radius 2 is 1.84 bits per heavy atom. The van der Waals surface area contributed by atoms with Gasteiger partial charge in [0, 0.05) is 11.8 Å². The van der Waals surface area contributed by atoms with E-state index in [0.717, 1.165) is 11.3 Å². The number of hydrogen-bond acceptors (Lipinski definition) is 4. The van der Waals surface area contributed by atoms with Crippen LogP contribution >= 0.6 is 23.8 Å². The number of nitrogens with one attached hydrogen (secondary N) is 2. The van der Waals surface area contributed by atoms with Crippen LogP contribution in [-0.4, -0.2) is 25.2 Å². The van der Waals surface area contributed by atoms with Gasteiger partial charge in [-0.3, -0.25) is 10.1 Å². The summed E-state index contributed by atoms with van der Waals surface area (Å²) in [4.78, 5) is 11.9. The molecule has 0 aliphatic rings. The third-order valence-electron chi connectivity index (χ3n) is 3.19. The summed E-state index contributed by atoms with van der Waals surface area (Å²) in [5.41, 5.74) is 1.52. The fourth-order valence-corrected chi connectivity index (χ4v) is 2.42. The third kappa shape index (κ3) is 5.77. The molecule has 0 aliphatic heterocycles. The molecule has 2 aromatic rings. The Labute approximate surface area is 156 Å². The molecule has 130 valence electrons. The Hall–Kier alpha value is -2.57. The number of halogens is 1. The van der Waals surface area contributed by atoms with Crippen LogP contribution < -0.4 is 20.1 Å². The summed E-state index contributed by atoms with van der Waals surface area (Å²) in [7, 11) is 3.14. The normalized spacial score (nSPS) is 10.4. The van der Waals surface area contributed by atoms with Gasteiger partial charge in [-0.1, -0.05) is 23.7 Å². The number of amides is 1. The first-order valence-corrected chi connectivity index (χ1v) is 8.08. The number of thiocarbonyl (C=S) groups is 1. The molecule has 0 saturated heterocycles. The fraction of sp³-hybridized carbons (Fsp3) is 0.111. The van der Waals surface area contributed by atoms with Gasteiger partial charge in [0.1, 0.15) is 11.5 Å². The molecule has 1 amide bonds. The zero-order valence-corrected chi connectivity index (χ0v) is 15.3. The van der Waals surface area contributed by atoms with Crippen molar-refractivity contribution in [1.82, 2.24) is 5.32 Å². The molecular formula is C18H17ClN2O3S. The van der Waals surface area contributed by atoms with Gasteiger partial charge >= 0.3 is 0 Å². The van der Waals surface area contributed by atoms with Gasteiger partial charge < -0.3 is 14.8 Å². The standard InChI is InChI=1S/C18H17ClN2O3S/c1-23-14-7-3-12(4-8-14)5-10-17(22)21-18(25)20-13-6-9-16(24-2)15(19)11-13/h3-11H,1-2H3,(H2,20,21,22,25)/b10-5+. The number of carbonyl (C=O) groups excluding carboxylic acids is 1. The van der Waals surface area contributed by atoms with Gasteiger partial charge in [-0.25, -0.2) is 0 Å². The van der Waals surface area contributed by atoms with Crippen LogP contribution in [0, 0.1) is 0 Å². The maximum absolute atomic E-state index is 11.9. The Balaban J connectivity index is 1.89. The molecular weight excluding hydrogens is 360 g/mol. The molecule has 7 heteroatoms. The second-order valence-electron chi connectivity index (χ2n) is 4.90. The molecule has 0 aromatic heterocycles. The number of benzene rings is 2. The summed E-state index contributed by atoms with van der Waals surface area (Å²) in [6, 6.07) is 12.4. The lowest BCUT2D eigenvalue weighted by Gasteiger charge is -2.10. The van der Waals surface area contributed by atoms with E-state index in [1.807, 2.05) is 24.3 Å². The Bertz CT molecular complexity index is 791. The topological polar surface area (TPSA) is 59.6 Å². The third-order valence-corrected chi connectivity index (χ3v) is 3.69. The van der Waals surface area contributed by atoms with Crippen LogP contribution in [0.5, 0.6) is 11.5 Å². The van der Waals surface area contributed by atoms with Crippen molar-refractivity contribution in [3.63, 3.8) is 0 Å². The fourth-order valence-electron chi connectivity index (χ4n) is 1.95. The van der Waals surface area contributed by atoms with E-state index in [2.05, 4.69) is 10.6 Å². The minimum Gasteiger partial charge on any atom is -0.497 e. The Morgan fingerprint density at radius 1 is 1.12 bits per heavy atom. The predicted octanol–water partition coefficient (Wildman–Crippen LogP) is 3.88. The summed E-state index contributed by atoms with van der Waals surface area (Å²) in [5, 5.41) is 6.07. The summed E-state index contributed by atoms with van der Waals surface area (Å²) in [6.07, 6.45) is 3.08.